The molecule has 1 aromatic rings. The lowest BCUT2D eigenvalue weighted by Crippen LogP contribution is -2.26. The predicted molar refractivity (Wildman–Crippen MR) is 63.7 cm³/mol. The van der Waals surface area contributed by atoms with Crippen LogP contribution in [0.4, 0.5) is 0 Å². The summed E-state index contributed by atoms with van der Waals surface area (Å²) < 4.78 is 1.12. The Kier molecular flexibility index (Phi) is 3.47. The van der Waals surface area contributed by atoms with Gasteiger partial charge in [-0.2, -0.15) is 0 Å². The number of hydrogen-bond acceptors (Lipinski definition) is 1. The lowest BCUT2D eigenvalue weighted by atomic mass is 9.98. The first-order chi connectivity index (χ1) is 6.77. The minimum absolute atomic E-state index is 0.496. The van der Waals surface area contributed by atoms with Crippen molar-refractivity contribution < 1.29 is 0 Å². The lowest BCUT2D eigenvalue weighted by molar-refractivity contribution is 0.411. The molecule has 1 saturated heterocycles. The third-order valence-electron chi connectivity index (χ3n) is 2.65. The van der Waals surface area contributed by atoms with Gasteiger partial charge in [0.25, 0.3) is 0 Å². The average molecular weight is 275 g/mol. The van der Waals surface area contributed by atoms with Gasteiger partial charge >= 0.3 is 0 Å². The Morgan fingerprint density at radius 2 is 2.21 bits per heavy atom. The summed E-state index contributed by atoms with van der Waals surface area (Å²) in [5, 5.41) is 4.31. The summed E-state index contributed by atoms with van der Waals surface area (Å²) >= 11 is 9.46. The first-order valence-electron chi connectivity index (χ1n) is 4.96. The second kappa shape index (κ2) is 4.65. The quantitative estimate of drug-likeness (QED) is 0.818. The number of halogens is 2. The maximum absolute atomic E-state index is 5.91. The highest BCUT2D eigenvalue weighted by Crippen LogP contribution is 2.30. The van der Waals surface area contributed by atoms with Gasteiger partial charge in [-0.15, -0.1) is 0 Å². The van der Waals surface area contributed by atoms with E-state index in [2.05, 4.69) is 27.3 Å². The Bertz CT molecular complexity index is 321. The van der Waals surface area contributed by atoms with Crippen molar-refractivity contribution in [1.82, 2.24) is 5.32 Å². The van der Waals surface area contributed by atoms with Crippen LogP contribution >= 0.6 is 27.5 Å². The van der Waals surface area contributed by atoms with Gasteiger partial charge in [0.2, 0.25) is 0 Å². The van der Waals surface area contributed by atoms with Gasteiger partial charge in [0, 0.05) is 15.5 Å². The fourth-order valence-corrected chi connectivity index (χ4v) is 2.86. The van der Waals surface area contributed by atoms with E-state index >= 15 is 0 Å². The van der Waals surface area contributed by atoms with Crippen LogP contribution in [0, 0.1) is 0 Å². The molecular weight excluding hydrogens is 261 g/mol. The third-order valence-corrected chi connectivity index (χ3v) is 3.57. The molecule has 1 aromatic carbocycles. The summed E-state index contributed by atoms with van der Waals surface area (Å²) in [6.07, 6.45) is 3.83. The van der Waals surface area contributed by atoms with E-state index < -0.39 is 0 Å². The molecule has 0 saturated carbocycles. The highest BCUT2D eigenvalue weighted by molar-refractivity contribution is 9.10. The van der Waals surface area contributed by atoms with Gasteiger partial charge < -0.3 is 5.32 Å². The van der Waals surface area contributed by atoms with Gasteiger partial charge in [0.1, 0.15) is 0 Å². The molecule has 1 N–H and O–H groups in total. The van der Waals surface area contributed by atoms with E-state index in [0.29, 0.717) is 6.04 Å². The molecular formula is C11H13BrClN. The van der Waals surface area contributed by atoms with Crippen LogP contribution in [0.2, 0.25) is 5.02 Å². The number of rotatable bonds is 1. The maximum Gasteiger partial charge on any atom is 0.0417 e. The van der Waals surface area contributed by atoms with Gasteiger partial charge in [0.05, 0.1) is 0 Å². The fourth-order valence-electron chi connectivity index (χ4n) is 1.90. The monoisotopic (exact) mass is 273 g/mol. The van der Waals surface area contributed by atoms with Crippen LogP contribution in [-0.4, -0.2) is 6.54 Å². The van der Waals surface area contributed by atoms with Gasteiger partial charge in [-0.3, -0.25) is 0 Å². The molecule has 1 aliphatic heterocycles. The van der Waals surface area contributed by atoms with Gasteiger partial charge in [0.15, 0.2) is 0 Å². The number of piperidine rings is 1. The number of benzene rings is 1. The standard InChI is InChI=1S/C11H13BrClN/c12-10-7-8(13)4-5-9(10)11-3-1-2-6-14-11/h4-5,7,11,14H,1-3,6H2/t11-/m0/s1. The Balaban J connectivity index is 2.22. The summed E-state index contributed by atoms with van der Waals surface area (Å²) in [7, 11) is 0. The largest absolute Gasteiger partial charge is 0.310 e. The summed E-state index contributed by atoms with van der Waals surface area (Å²) in [6, 6.07) is 6.52. The summed E-state index contributed by atoms with van der Waals surface area (Å²) in [6.45, 7) is 1.12. The molecule has 0 spiro atoms. The number of nitrogens with one attached hydrogen (secondary N) is 1. The zero-order valence-electron chi connectivity index (χ0n) is 7.89. The van der Waals surface area contributed by atoms with Crippen molar-refractivity contribution in [1.29, 1.82) is 0 Å². The molecule has 0 unspecified atom stereocenters. The first-order valence-corrected chi connectivity index (χ1v) is 6.13. The van der Waals surface area contributed by atoms with E-state index in [1.807, 2.05) is 12.1 Å². The molecule has 2 rings (SSSR count). The van der Waals surface area contributed by atoms with E-state index in [1.165, 1.54) is 24.8 Å². The Hall–Kier alpha value is -0.0500. The van der Waals surface area contributed by atoms with E-state index in [-0.39, 0.29) is 0 Å². The van der Waals surface area contributed by atoms with Crippen molar-refractivity contribution in [3.8, 4) is 0 Å². The molecule has 0 radical (unpaired) electrons. The fraction of sp³-hybridized carbons (Fsp3) is 0.455. The molecule has 1 aliphatic rings. The number of hydrogen-bond donors (Lipinski definition) is 1. The van der Waals surface area contributed by atoms with Crippen molar-refractivity contribution in [2.75, 3.05) is 6.54 Å². The van der Waals surface area contributed by atoms with Crippen LogP contribution in [0.3, 0.4) is 0 Å². The summed E-state index contributed by atoms with van der Waals surface area (Å²) in [5.41, 5.74) is 1.33. The minimum Gasteiger partial charge on any atom is -0.310 e. The van der Waals surface area contributed by atoms with Crippen LogP contribution in [0.1, 0.15) is 30.9 Å². The van der Waals surface area contributed by atoms with Crippen LogP contribution in [0.5, 0.6) is 0 Å². The van der Waals surface area contributed by atoms with Crippen molar-refractivity contribution in [2.45, 2.75) is 25.3 Å². The molecule has 0 aromatic heterocycles. The second-order valence-corrected chi connectivity index (χ2v) is 4.96. The van der Waals surface area contributed by atoms with Crippen molar-refractivity contribution >= 4 is 27.5 Å². The molecule has 3 heteroatoms. The molecule has 1 atom stereocenters. The summed E-state index contributed by atoms with van der Waals surface area (Å²) in [4.78, 5) is 0. The van der Waals surface area contributed by atoms with Gasteiger partial charge in [-0.1, -0.05) is 40.0 Å². The molecule has 0 aliphatic carbocycles. The van der Waals surface area contributed by atoms with Gasteiger partial charge in [-0.05, 0) is 37.1 Å². The first kappa shape index (κ1) is 10.5. The average Bonchev–Trinajstić information content (AvgIpc) is 2.19. The van der Waals surface area contributed by atoms with E-state index in [4.69, 9.17) is 11.6 Å². The smallest absolute Gasteiger partial charge is 0.0417 e. The van der Waals surface area contributed by atoms with E-state index in [0.717, 1.165) is 16.0 Å². The Labute approximate surface area is 98.0 Å². The van der Waals surface area contributed by atoms with Gasteiger partial charge in [-0.25, -0.2) is 0 Å². The molecule has 14 heavy (non-hydrogen) atoms. The van der Waals surface area contributed by atoms with E-state index in [1.54, 1.807) is 0 Å². The van der Waals surface area contributed by atoms with E-state index in [9.17, 15) is 0 Å². The third kappa shape index (κ3) is 2.30. The molecule has 76 valence electrons. The lowest BCUT2D eigenvalue weighted by Gasteiger charge is -2.24. The van der Waals surface area contributed by atoms with Crippen LogP contribution in [0.25, 0.3) is 0 Å². The highest BCUT2D eigenvalue weighted by atomic mass is 79.9. The van der Waals surface area contributed by atoms with Crippen LogP contribution < -0.4 is 5.32 Å². The van der Waals surface area contributed by atoms with Crippen LogP contribution in [-0.2, 0) is 0 Å². The predicted octanol–water partition coefficient (Wildman–Crippen LogP) is 3.92. The van der Waals surface area contributed by atoms with Crippen molar-refractivity contribution in [2.24, 2.45) is 0 Å². The minimum atomic E-state index is 0.496. The summed E-state index contributed by atoms with van der Waals surface area (Å²) in [5.74, 6) is 0. The normalized spacial score (nSPS) is 22.3. The SMILES string of the molecule is Clc1ccc([C@@H]2CCCCN2)c(Br)c1. The molecule has 1 heterocycles. The van der Waals surface area contributed by atoms with Crippen molar-refractivity contribution in [3.63, 3.8) is 0 Å². The van der Waals surface area contributed by atoms with Crippen molar-refractivity contribution in [3.05, 3.63) is 33.3 Å². The maximum atomic E-state index is 5.91. The molecule has 0 bridgehead atoms. The topological polar surface area (TPSA) is 12.0 Å². The Morgan fingerprint density at radius 3 is 2.86 bits per heavy atom. The second-order valence-electron chi connectivity index (χ2n) is 3.67. The molecule has 0 amide bonds. The zero-order chi connectivity index (χ0) is 9.97. The molecule has 1 nitrogen and oxygen atoms in total. The Morgan fingerprint density at radius 1 is 1.36 bits per heavy atom. The zero-order valence-corrected chi connectivity index (χ0v) is 10.2. The van der Waals surface area contributed by atoms with Crippen LogP contribution in [0.15, 0.2) is 22.7 Å². The molecule has 1 fully saturated rings. The highest BCUT2D eigenvalue weighted by Gasteiger charge is 2.16.